The summed E-state index contributed by atoms with van der Waals surface area (Å²) in [6.45, 7) is 5.48. The predicted octanol–water partition coefficient (Wildman–Crippen LogP) is 5.82. The van der Waals surface area contributed by atoms with E-state index in [1.165, 1.54) is 7.11 Å². The number of methoxy groups -OCH3 is 1. The molecule has 5 nitrogen and oxygen atoms in total. The fourth-order valence-electron chi connectivity index (χ4n) is 3.76. The van der Waals surface area contributed by atoms with Crippen LogP contribution in [0, 0.1) is 0 Å². The van der Waals surface area contributed by atoms with Crippen molar-refractivity contribution in [3.63, 3.8) is 0 Å². The van der Waals surface area contributed by atoms with Gasteiger partial charge in [-0.15, -0.1) is 0 Å². The molecule has 0 spiro atoms. The first-order valence-electron chi connectivity index (χ1n) is 11.2. The van der Waals surface area contributed by atoms with E-state index in [4.69, 9.17) is 21.1 Å². The van der Waals surface area contributed by atoms with Gasteiger partial charge in [0.2, 0.25) is 0 Å². The molecule has 0 bridgehead atoms. The largest absolute Gasteiger partial charge is 0.478 e. The van der Waals surface area contributed by atoms with Gasteiger partial charge in [0.25, 0.3) is 5.91 Å². The zero-order valence-corrected chi connectivity index (χ0v) is 20.6. The number of esters is 1. The van der Waals surface area contributed by atoms with Crippen LogP contribution in [0.1, 0.15) is 48.2 Å². The molecule has 3 aromatic rings. The minimum Gasteiger partial charge on any atom is -0.478 e. The van der Waals surface area contributed by atoms with Crippen LogP contribution in [-0.4, -0.2) is 30.6 Å². The van der Waals surface area contributed by atoms with Crippen LogP contribution in [0.4, 0.5) is 0 Å². The Morgan fingerprint density at radius 2 is 1.56 bits per heavy atom. The standard InChI is InChI=1S/C28H30ClNO4/c1-19(30-27(32)28(2,3)34-24-16-14-23(29)15-17-24)25(21-8-6-5-7-9-21)18-20-10-12-22(13-11-20)26(31)33-4/h5-17,19,25H,18H2,1-4H3,(H,30,32). The van der Waals surface area contributed by atoms with Crippen molar-refractivity contribution in [2.45, 2.75) is 44.8 Å². The second-order valence-electron chi connectivity index (χ2n) is 8.74. The summed E-state index contributed by atoms with van der Waals surface area (Å²) in [5.74, 6) is 0.00889. The lowest BCUT2D eigenvalue weighted by atomic mass is 9.86. The normalized spacial score (nSPS) is 13.0. The van der Waals surface area contributed by atoms with Gasteiger partial charge >= 0.3 is 5.97 Å². The minimum atomic E-state index is -1.08. The van der Waals surface area contributed by atoms with Crippen LogP contribution >= 0.6 is 11.6 Å². The van der Waals surface area contributed by atoms with Gasteiger partial charge in [0.15, 0.2) is 5.60 Å². The van der Waals surface area contributed by atoms with Gasteiger partial charge in [0, 0.05) is 17.0 Å². The van der Waals surface area contributed by atoms with Crippen molar-refractivity contribution in [2.24, 2.45) is 0 Å². The molecule has 2 unspecified atom stereocenters. The molecule has 0 aliphatic rings. The summed E-state index contributed by atoms with van der Waals surface area (Å²) in [7, 11) is 1.37. The van der Waals surface area contributed by atoms with Crippen molar-refractivity contribution in [3.8, 4) is 5.75 Å². The Morgan fingerprint density at radius 3 is 2.15 bits per heavy atom. The third-order valence-corrected chi connectivity index (χ3v) is 6.01. The average Bonchev–Trinajstić information content (AvgIpc) is 2.84. The number of ether oxygens (including phenoxy) is 2. The van der Waals surface area contributed by atoms with E-state index in [1.54, 1.807) is 50.2 Å². The van der Waals surface area contributed by atoms with Crippen molar-refractivity contribution < 1.29 is 19.1 Å². The van der Waals surface area contributed by atoms with E-state index >= 15 is 0 Å². The molecule has 6 heteroatoms. The van der Waals surface area contributed by atoms with Crippen LogP contribution in [0.2, 0.25) is 5.02 Å². The molecule has 3 rings (SSSR count). The Hall–Kier alpha value is -3.31. The Kier molecular flexibility index (Phi) is 8.35. The van der Waals surface area contributed by atoms with Crippen molar-refractivity contribution in [2.75, 3.05) is 7.11 Å². The molecule has 0 aliphatic heterocycles. The van der Waals surface area contributed by atoms with Crippen LogP contribution in [-0.2, 0) is 16.0 Å². The number of benzene rings is 3. The molecule has 34 heavy (non-hydrogen) atoms. The van der Waals surface area contributed by atoms with Gasteiger partial charge in [-0.25, -0.2) is 4.79 Å². The van der Waals surface area contributed by atoms with Crippen LogP contribution in [0.25, 0.3) is 0 Å². The molecule has 3 aromatic carbocycles. The van der Waals surface area contributed by atoms with Crippen LogP contribution in [0.3, 0.4) is 0 Å². The maximum Gasteiger partial charge on any atom is 0.337 e. The lowest BCUT2D eigenvalue weighted by molar-refractivity contribution is -0.135. The maximum absolute atomic E-state index is 13.2. The molecule has 1 N–H and O–H groups in total. The summed E-state index contributed by atoms with van der Waals surface area (Å²) in [6, 6.07) is 24.2. The quantitative estimate of drug-likeness (QED) is 0.393. The summed E-state index contributed by atoms with van der Waals surface area (Å²) in [5, 5.41) is 3.75. The van der Waals surface area contributed by atoms with Crippen LogP contribution in [0.5, 0.6) is 5.75 Å². The first kappa shape index (κ1) is 25.3. The fraction of sp³-hybridized carbons (Fsp3) is 0.286. The van der Waals surface area contributed by atoms with E-state index in [-0.39, 0.29) is 23.8 Å². The van der Waals surface area contributed by atoms with E-state index in [0.717, 1.165) is 11.1 Å². The first-order chi connectivity index (χ1) is 16.2. The van der Waals surface area contributed by atoms with Gasteiger partial charge < -0.3 is 14.8 Å². The number of carbonyl (C=O) groups excluding carboxylic acids is 2. The van der Waals surface area contributed by atoms with Crippen LogP contribution < -0.4 is 10.1 Å². The van der Waals surface area contributed by atoms with Gasteiger partial charge in [-0.2, -0.15) is 0 Å². The Bertz CT molecular complexity index is 1100. The lowest BCUT2D eigenvalue weighted by Gasteiger charge is -2.31. The molecule has 0 aliphatic carbocycles. The molecule has 0 heterocycles. The van der Waals surface area contributed by atoms with E-state index in [0.29, 0.717) is 22.8 Å². The second-order valence-corrected chi connectivity index (χ2v) is 9.17. The number of carbonyl (C=O) groups is 2. The Balaban J connectivity index is 1.76. The fourth-order valence-corrected chi connectivity index (χ4v) is 3.88. The minimum absolute atomic E-state index is 0.0143. The molecule has 0 saturated carbocycles. The smallest absolute Gasteiger partial charge is 0.337 e. The zero-order chi connectivity index (χ0) is 24.7. The van der Waals surface area contributed by atoms with Gasteiger partial charge in [0.1, 0.15) is 5.75 Å². The molecule has 0 saturated heterocycles. The molecule has 0 aromatic heterocycles. The van der Waals surface area contributed by atoms with E-state index in [9.17, 15) is 9.59 Å². The number of rotatable bonds is 9. The number of hydrogen-bond acceptors (Lipinski definition) is 4. The summed E-state index contributed by atoms with van der Waals surface area (Å²) < 4.78 is 10.7. The maximum atomic E-state index is 13.2. The number of hydrogen-bond donors (Lipinski definition) is 1. The summed E-state index contributed by atoms with van der Waals surface area (Å²) in [4.78, 5) is 24.9. The summed E-state index contributed by atoms with van der Waals surface area (Å²) in [6.07, 6.45) is 0.686. The third kappa shape index (κ3) is 6.61. The predicted molar refractivity (Wildman–Crippen MR) is 134 cm³/mol. The van der Waals surface area contributed by atoms with Gasteiger partial charge in [-0.05, 0) is 74.7 Å². The van der Waals surface area contributed by atoms with Crippen LogP contribution in [0.15, 0.2) is 78.9 Å². The highest BCUT2D eigenvalue weighted by atomic mass is 35.5. The highest BCUT2D eigenvalue weighted by Gasteiger charge is 2.33. The first-order valence-corrected chi connectivity index (χ1v) is 11.5. The van der Waals surface area contributed by atoms with E-state index in [2.05, 4.69) is 17.4 Å². The van der Waals surface area contributed by atoms with Gasteiger partial charge in [-0.3, -0.25) is 4.79 Å². The zero-order valence-electron chi connectivity index (χ0n) is 19.9. The van der Waals surface area contributed by atoms with E-state index in [1.807, 2.05) is 37.3 Å². The second kappa shape index (κ2) is 11.2. The van der Waals surface area contributed by atoms with Crippen molar-refractivity contribution >= 4 is 23.5 Å². The monoisotopic (exact) mass is 479 g/mol. The van der Waals surface area contributed by atoms with Gasteiger partial charge in [0.05, 0.1) is 12.7 Å². The SMILES string of the molecule is COC(=O)c1ccc(CC(c2ccccc2)C(C)NC(=O)C(C)(C)Oc2ccc(Cl)cc2)cc1. The third-order valence-electron chi connectivity index (χ3n) is 5.75. The highest BCUT2D eigenvalue weighted by molar-refractivity contribution is 6.30. The summed E-state index contributed by atoms with van der Waals surface area (Å²) in [5.41, 5.74) is 1.60. The molecular weight excluding hydrogens is 450 g/mol. The molecule has 2 atom stereocenters. The summed E-state index contributed by atoms with van der Waals surface area (Å²) >= 11 is 5.95. The number of halogens is 1. The lowest BCUT2D eigenvalue weighted by Crippen LogP contribution is -2.51. The molecule has 0 radical (unpaired) electrons. The van der Waals surface area contributed by atoms with E-state index < -0.39 is 5.60 Å². The Labute approximate surface area is 206 Å². The number of nitrogens with one attached hydrogen (secondary N) is 1. The van der Waals surface area contributed by atoms with Gasteiger partial charge in [-0.1, -0.05) is 54.1 Å². The molecule has 1 amide bonds. The molecular formula is C28H30ClNO4. The average molecular weight is 480 g/mol. The number of amides is 1. The highest BCUT2D eigenvalue weighted by Crippen LogP contribution is 2.26. The van der Waals surface area contributed by atoms with Crippen molar-refractivity contribution in [1.82, 2.24) is 5.32 Å². The molecule has 178 valence electrons. The Morgan fingerprint density at radius 1 is 0.941 bits per heavy atom. The van der Waals surface area contributed by atoms with Crippen molar-refractivity contribution in [1.29, 1.82) is 0 Å². The topological polar surface area (TPSA) is 64.6 Å². The molecule has 0 fully saturated rings. The van der Waals surface area contributed by atoms with Crippen molar-refractivity contribution in [3.05, 3.63) is 101 Å².